The van der Waals surface area contributed by atoms with E-state index in [0.29, 0.717) is 6.42 Å². The van der Waals surface area contributed by atoms with E-state index in [-0.39, 0.29) is 5.92 Å². The van der Waals surface area contributed by atoms with Crippen LogP contribution in [0.4, 0.5) is 0 Å². The standard InChI is InChI=1S/C6H14N2O4S/c1-3-4(2)5(7)6(9)12-13(8,10)11/h4-5H,3,7H2,1-2H3,(H2,8,10,11)/t4-,5-/m1/s1. The summed E-state index contributed by atoms with van der Waals surface area (Å²) >= 11 is 0. The normalized spacial score (nSPS) is 16.3. The molecule has 0 bridgehead atoms. The van der Waals surface area contributed by atoms with Gasteiger partial charge in [-0.1, -0.05) is 20.3 Å². The third kappa shape index (κ3) is 4.81. The van der Waals surface area contributed by atoms with Crippen molar-refractivity contribution in [1.82, 2.24) is 0 Å². The van der Waals surface area contributed by atoms with Crippen LogP contribution in [0.5, 0.6) is 0 Å². The molecule has 0 aromatic heterocycles. The first-order chi connectivity index (χ1) is 5.78. The van der Waals surface area contributed by atoms with Gasteiger partial charge in [0, 0.05) is 0 Å². The fourth-order valence-electron chi connectivity index (χ4n) is 0.656. The van der Waals surface area contributed by atoms with Crippen molar-refractivity contribution in [2.24, 2.45) is 16.8 Å². The van der Waals surface area contributed by atoms with E-state index < -0.39 is 22.3 Å². The molecule has 0 spiro atoms. The summed E-state index contributed by atoms with van der Waals surface area (Å²) in [5.41, 5.74) is 5.38. The van der Waals surface area contributed by atoms with Crippen LogP contribution in [0.1, 0.15) is 20.3 Å². The van der Waals surface area contributed by atoms with Gasteiger partial charge in [-0.05, 0) is 5.92 Å². The minimum atomic E-state index is -4.24. The highest BCUT2D eigenvalue weighted by Crippen LogP contribution is 2.07. The molecular formula is C6H14N2O4S. The van der Waals surface area contributed by atoms with Crippen molar-refractivity contribution in [3.63, 3.8) is 0 Å². The number of hydrogen-bond acceptors (Lipinski definition) is 5. The van der Waals surface area contributed by atoms with Crippen LogP contribution in [0, 0.1) is 5.92 Å². The van der Waals surface area contributed by atoms with E-state index in [9.17, 15) is 13.2 Å². The number of carbonyl (C=O) groups is 1. The van der Waals surface area contributed by atoms with Crippen molar-refractivity contribution in [1.29, 1.82) is 0 Å². The van der Waals surface area contributed by atoms with Crippen molar-refractivity contribution in [2.45, 2.75) is 26.3 Å². The van der Waals surface area contributed by atoms with Crippen LogP contribution in [-0.2, 0) is 19.3 Å². The van der Waals surface area contributed by atoms with Gasteiger partial charge in [0.05, 0.1) is 0 Å². The second-order valence-corrected chi connectivity index (χ2v) is 3.96. The van der Waals surface area contributed by atoms with Gasteiger partial charge in [0.15, 0.2) is 0 Å². The molecule has 0 aromatic carbocycles. The lowest BCUT2D eigenvalue weighted by molar-refractivity contribution is -0.136. The molecule has 0 aromatic rings. The summed E-state index contributed by atoms with van der Waals surface area (Å²) in [6, 6.07) is -0.955. The van der Waals surface area contributed by atoms with Crippen molar-refractivity contribution in [3.8, 4) is 0 Å². The lowest BCUT2D eigenvalue weighted by Gasteiger charge is -2.15. The molecule has 0 aliphatic rings. The highest BCUT2D eigenvalue weighted by atomic mass is 32.2. The SMILES string of the molecule is CC[C@@H](C)[C@@H](N)C(=O)OS(N)(=O)=O. The molecule has 0 fully saturated rings. The topological polar surface area (TPSA) is 112 Å². The number of carbonyl (C=O) groups excluding carboxylic acids is 1. The zero-order valence-corrected chi connectivity index (χ0v) is 8.37. The monoisotopic (exact) mass is 210 g/mol. The molecule has 0 radical (unpaired) electrons. The maximum atomic E-state index is 11.0. The van der Waals surface area contributed by atoms with Gasteiger partial charge in [0.2, 0.25) is 0 Å². The molecule has 13 heavy (non-hydrogen) atoms. The molecule has 4 N–H and O–H groups in total. The minimum absolute atomic E-state index is 0.144. The predicted octanol–water partition coefficient (Wildman–Crippen LogP) is -0.893. The molecule has 2 atom stereocenters. The molecule has 0 saturated heterocycles. The third-order valence-electron chi connectivity index (χ3n) is 1.73. The first-order valence-corrected chi connectivity index (χ1v) is 5.26. The zero-order chi connectivity index (χ0) is 10.6. The first-order valence-electron chi connectivity index (χ1n) is 3.79. The molecule has 0 unspecified atom stereocenters. The minimum Gasteiger partial charge on any atom is -0.333 e. The summed E-state index contributed by atoms with van der Waals surface area (Å²) in [4.78, 5) is 11.0. The van der Waals surface area contributed by atoms with E-state index in [1.807, 2.05) is 6.92 Å². The quantitative estimate of drug-likeness (QED) is 0.624. The molecule has 0 aliphatic carbocycles. The summed E-state index contributed by atoms with van der Waals surface area (Å²) in [5, 5.41) is 4.49. The Morgan fingerprint density at radius 3 is 2.31 bits per heavy atom. The summed E-state index contributed by atoms with van der Waals surface area (Å²) < 4.78 is 24.6. The lowest BCUT2D eigenvalue weighted by atomic mass is 10.0. The van der Waals surface area contributed by atoms with Crippen molar-refractivity contribution in [2.75, 3.05) is 0 Å². The van der Waals surface area contributed by atoms with Gasteiger partial charge in [-0.2, -0.15) is 13.6 Å². The maximum Gasteiger partial charge on any atom is 0.382 e. The Morgan fingerprint density at radius 2 is 2.00 bits per heavy atom. The molecule has 7 heteroatoms. The zero-order valence-electron chi connectivity index (χ0n) is 7.56. The van der Waals surface area contributed by atoms with E-state index in [4.69, 9.17) is 5.73 Å². The van der Waals surface area contributed by atoms with Gasteiger partial charge in [-0.25, -0.2) is 4.79 Å². The highest BCUT2D eigenvalue weighted by Gasteiger charge is 2.24. The number of hydrogen-bond donors (Lipinski definition) is 2. The Labute approximate surface area is 77.5 Å². The Balaban J connectivity index is 4.28. The van der Waals surface area contributed by atoms with E-state index >= 15 is 0 Å². The summed E-state index contributed by atoms with van der Waals surface area (Å²) in [6.45, 7) is 3.55. The van der Waals surface area contributed by atoms with Crippen molar-refractivity contribution in [3.05, 3.63) is 0 Å². The Kier molecular flexibility index (Phi) is 4.31. The highest BCUT2D eigenvalue weighted by molar-refractivity contribution is 7.84. The Bertz CT molecular complexity index is 274. The van der Waals surface area contributed by atoms with Gasteiger partial charge in [0.1, 0.15) is 6.04 Å². The number of nitrogens with two attached hydrogens (primary N) is 2. The van der Waals surface area contributed by atoms with Crippen LogP contribution in [0.2, 0.25) is 0 Å². The van der Waals surface area contributed by atoms with E-state index in [1.165, 1.54) is 0 Å². The van der Waals surface area contributed by atoms with Gasteiger partial charge < -0.3 is 9.92 Å². The summed E-state index contributed by atoms with van der Waals surface area (Å²) in [7, 11) is -4.24. The first kappa shape index (κ1) is 12.3. The van der Waals surface area contributed by atoms with Gasteiger partial charge in [0.25, 0.3) is 0 Å². The molecule has 0 heterocycles. The largest absolute Gasteiger partial charge is 0.382 e. The molecule has 0 saturated carbocycles. The van der Waals surface area contributed by atoms with Crippen LogP contribution in [0.15, 0.2) is 0 Å². The van der Waals surface area contributed by atoms with E-state index in [0.717, 1.165) is 0 Å². The van der Waals surface area contributed by atoms with Gasteiger partial charge in [-0.15, -0.1) is 0 Å². The van der Waals surface area contributed by atoms with Crippen LogP contribution in [0.25, 0.3) is 0 Å². The molecule has 6 nitrogen and oxygen atoms in total. The maximum absolute atomic E-state index is 11.0. The van der Waals surface area contributed by atoms with Crippen LogP contribution >= 0.6 is 0 Å². The summed E-state index contributed by atoms with van der Waals surface area (Å²) in [6.07, 6.45) is 0.654. The lowest BCUT2D eigenvalue weighted by Crippen LogP contribution is -2.40. The van der Waals surface area contributed by atoms with Crippen molar-refractivity contribution >= 4 is 16.3 Å². The average molecular weight is 210 g/mol. The van der Waals surface area contributed by atoms with Gasteiger partial charge >= 0.3 is 16.3 Å². The Hall–Kier alpha value is -0.660. The summed E-state index contributed by atoms with van der Waals surface area (Å²) in [5.74, 6) is -1.16. The molecule has 0 aliphatic heterocycles. The van der Waals surface area contributed by atoms with Crippen LogP contribution in [0.3, 0.4) is 0 Å². The fraction of sp³-hybridized carbons (Fsp3) is 0.833. The van der Waals surface area contributed by atoms with Crippen LogP contribution in [-0.4, -0.2) is 20.4 Å². The predicted molar refractivity (Wildman–Crippen MR) is 46.6 cm³/mol. The third-order valence-corrected chi connectivity index (χ3v) is 2.12. The van der Waals surface area contributed by atoms with E-state index in [2.05, 4.69) is 9.32 Å². The Morgan fingerprint density at radius 1 is 1.54 bits per heavy atom. The van der Waals surface area contributed by atoms with Crippen molar-refractivity contribution < 1.29 is 17.4 Å². The molecular weight excluding hydrogens is 196 g/mol. The number of rotatable bonds is 4. The van der Waals surface area contributed by atoms with Crippen LogP contribution < -0.4 is 10.9 Å². The van der Waals surface area contributed by atoms with E-state index in [1.54, 1.807) is 6.92 Å². The smallest absolute Gasteiger partial charge is 0.333 e. The second kappa shape index (κ2) is 4.54. The second-order valence-electron chi connectivity index (χ2n) is 2.81. The molecule has 0 amide bonds. The molecule has 0 rings (SSSR count). The van der Waals surface area contributed by atoms with Gasteiger partial charge in [-0.3, -0.25) is 0 Å². The average Bonchev–Trinajstić information content (AvgIpc) is 1.98. The fourth-order valence-corrected chi connectivity index (χ4v) is 0.996. The molecule has 78 valence electrons.